The van der Waals surface area contributed by atoms with Gasteiger partial charge in [0, 0.05) is 50.2 Å². The summed E-state index contributed by atoms with van der Waals surface area (Å²) in [5.41, 5.74) is 10.7. The Morgan fingerprint density at radius 2 is 0.730 bits per heavy atom. The zero-order valence-electron chi connectivity index (χ0n) is 36.0. The Morgan fingerprint density at radius 3 is 1.08 bits per heavy atom. The highest BCUT2D eigenvalue weighted by molar-refractivity contribution is 6.10. The summed E-state index contributed by atoms with van der Waals surface area (Å²) < 4.78 is 18.2. The number of hydrogen-bond acceptors (Lipinski definition) is 4. The van der Waals surface area contributed by atoms with Crippen molar-refractivity contribution in [3.05, 3.63) is 181 Å². The molecule has 0 saturated carbocycles. The van der Waals surface area contributed by atoms with Crippen molar-refractivity contribution in [1.82, 2.24) is 9.13 Å². The molecular formula is C57H50N2O4. The first-order valence-electron chi connectivity index (χ1n) is 22.0. The lowest BCUT2D eigenvalue weighted by atomic mass is 9.99. The molecule has 0 saturated heterocycles. The van der Waals surface area contributed by atoms with Gasteiger partial charge in [-0.25, -0.2) is 0 Å². The second kappa shape index (κ2) is 16.4. The summed E-state index contributed by atoms with van der Waals surface area (Å²) in [5, 5.41) is 29.0. The average molecular weight is 827 g/mol. The number of aryl methyl sites for hydroxylation is 2. The summed E-state index contributed by atoms with van der Waals surface area (Å²) in [5.74, 6) is 1.80. The summed E-state index contributed by atoms with van der Waals surface area (Å²) in [6.45, 7) is 8.42. The fourth-order valence-electron chi connectivity index (χ4n) is 9.47. The number of ether oxygens (including phenoxy) is 2. The van der Waals surface area contributed by atoms with Gasteiger partial charge in [-0.1, -0.05) is 123 Å². The molecule has 0 aliphatic rings. The second-order valence-corrected chi connectivity index (χ2v) is 16.6. The highest BCUT2D eigenvalue weighted by Crippen LogP contribution is 2.45. The van der Waals surface area contributed by atoms with Crippen molar-refractivity contribution in [2.24, 2.45) is 0 Å². The molecule has 0 amide bonds. The van der Waals surface area contributed by atoms with E-state index in [0.29, 0.717) is 29.0 Å². The quantitative estimate of drug-likeness (QED) is 0.129. The van der Waals surface area contributed by atoms with Gasteiger partial charge in [-0.2, -0.15) is 0 Å². The zero-order chi connectivity index (χ0) is 43.2. The maximum absolute atomic E-state index is 12.2. The molecule has 6 nitrogen and oxygen atoms in total. The molecule has 0 aliphatic heterocycles. The molecule has 10 aromatic rings. The van der Waals surface area contributed by atoms with E-state index in [1.165, 1.54) is 0 Å². The fraction of sp³-hybridized carbons (Fsp3) is 0.158. The van der Waals surface area contributed by atoms with E-state index in [9.17, 15) is 10.2 Å². The number of aromatic nitrogens is 2. The molecule has 6 heteroatoms. The van der Waals surface area contributed by atoms with E-state index in [2.05, 4.69) is 122 Å². The van der Waals surface area contributed by atoms with Crippen molar-refractivity contribution < 1.29 is 19.7 Å². The SMILES string of the molecule is CCC(C[C@H](CC)Oc1ccccc1-c1cc(C)cc(-n2c3ccccc3c3ccccc32)c1O)Oc1ccccc1-c1cc(C)cc(-n2c3ccccc3c3ccccc32)c1O. The monoisotopic (exact) mass is 826 g/mol. The molecule has 1 unspecified atom stereocenters. The van der Waals surface area contributed by atoms with Gasteiger partial charge >= 0.3 is 0 Å². The first-order chi connectivity index (χ1) is 30.8. The van der Waals surface area contributed by atoms with Gasteiger partial charge in [0.2, 0.25) is 0 Å². The highest BCUT2D eigenvalue weighted by Gasteiger charge is 2.25. The molecule has 312 valence electrons. The molecule has 2 N–H and O–H groups in total. The Balaban J connectivity index is 0.961. The van der Waals surface area contributed by atoms with E-state index >= 15 is 0 Å². The number of phenols is 2. The molecular weight excluding hydrogens is 777 g/mol. The number of benzene rings is 8. The van der Waals surface area contributed by atoms with Crippen molar-refractivity contribution in [3.8, 4) is 56.6 Å². The van der Waals surface area contributed by atoms with Crippen LogP contribution >= 0.6 is 0 Å². The molecule has 10 rings (SSSR count). The number of nitrogens with zero attached hydrogens (tertiary/aromatic N) is 2. The van der Waals surface area contributed by atoms with E-state index in [1.54, 1.807) is 0 Å². The molecule has 2 atom stereocenters. The topological polar surface area (TPSA) is 68.8 Å². The molecule has 0 bridgehead atoms. The van der Waals surface area contributed by atoms with Crippen LogP contribution in [0.15, 0.2) is 170 Å². The Bertz CT molecular complexity index is 2990. The predicted octanol–water partition coefficient (Wildman–Crippen LogP) is 14.6. The van der Waals surface area contributed by atoms with Crippen LogP contribution in [0.5, 0.6) is 23.0 Å². The van der Waals surface area contributed by atoms with Gasteiger partial charge in [0.15, 0.2) is 0 Å². The van der Waals surface area contributed by atoms with Crippen molar-refractivity contribution in [2.75, 3.05) is 0 Å². The van der Waals surface area contributed by atoms with Crippen LogP contribution < -0.4 is 9.47 Å². The van der Waals surface area contributed by atoms with Gasteiger partial charge in [0.25, 0.3) is 0 Å². The van der Waals surface area contributed by atoms with E-state index in [4.69, 9.17) is 9.47 Å². The minimum atomic E-state index is -0.179. The van der Waals surface area contributed by atoms with Crippen LogP contribution in [0.2, 0.25) is 0 Å². The van der Waals surface area contributed by atoms with Crippen molar-refractivity contribution in [3.63, 3.8) is 0 Å². The smallest absolute Gasteiger partial charge is 0.147 e. The third-order valence-electron chi connectivity index (χ3n) is 12.5. The minimum Gasteiger partial charge on any atom is -0.505 e. The van der Waals surface area contributed by atoms with E-state index in [1.807, 2.05) is 84.9 Å². The molecule has 2 heterocycles. The molecule has 0 spiro atoms. The van der Waals surface area contributed by atoms with Crippen molar-refractivity contribution in [1.29, 1.82) is 0 Å². The van der Waals surface area contributed by atoms with Gasteiger partial charge in [-0.15, -0.1) is 0 Å². The number of aromatic hydroxyl groups is 2. The van der Waals surface area contributed by atoms with Crippen LogP contribution in [-0.4, -0.2) is 31.6 Å². The Morgan fingerprint density at radius 1 is 0.413 bits per heavy atom. The Kier molecular flexibility index (Phi) is 10.4. The predicted molar refractivity (Wildman–Crippen MR) is 259 cm³/mol. The average Bonchev–Trinajstić information content (AvgIpc) is 3.83. The van der Waals surface area contributed by atoms with Gasteiger partial charge < -0.3 is 28.8 Å². The summed E-state index contributed by atoms with van der Waals surface area (Å²) in [6, 6.07) is 57.6. The molecule has 2 aromatic heterocycles. The second-order valence-electron chi connectivity index (χ2n) is 16.6. The zero-order valence-corrected chi connectivity index (χ0v) is 36.0. The lowest BCUT2D eigenvalue weighted by Crippen LogP contribution is -2.27. The van der Waals surface area contributed by atoms with Crippen LogP contribution in [0.4, 0.5) is 0 Å². The molecule has 0 aliphatic carbocycles. The van der Waals surface area contributed by atoms with Crippen LogP contribution in [0.1, 0.15) is 44.2 Å². The van der Waals surface area contributed by atoms with Crippen LogP contribution in [-0.2, 0) is 0 Å². The van der Waals surface area contributed by atoms with Gasteiger partial charge in [-0.05, 0) is 98.5 Å². The first-order valence-corrected chi connectivity index (χ1v) is 22.0. The van der Waals surface area contributed by atoms with Crippen LogP contribution in [0.3, 0.4) is 0 Å². The van der Waals surface area contributed by atoms with Crippen LogP contribution in [0, 0.1) is 13.8 Å². The molecule has 63 heavy (non-hydrogen) atoms. The summed E-state index contributed by atoms with van der Waals surface area (Å²) in [4.78, 5) is 0. The number of fused-ring (bicyclic) bond motifs is 6. The lowest BCUT2D eigenvalue weighted by molar-refractivity contribution is 0.106. The number of hydrogen-bond donors (Lipinski definition) is 2. The molecule has 0 radical (unpaired) electrons. The molecule has 0 fully saturated rings. The van der Waals surface area contributed by atoms with Crippen molar-refractivity contribution >= 4 is 43.6 Å². The lowest BCUT2D eigenvalue weighted by Gasteiger charge is -2.26. The normalized spacial score (nSPS) is 12.6. The summed E-state index contributed by atoms with van der Waals surface area (Å²) >= 11 is 0. The highest BCUT2D eigenvalue weighted by atomic mass is 16.5. The summed E-state index contributed by atoms with van der Waals surface area (Å²) in [7, 11) is 0. The van der Waals surface area contributed by atoms with Gasteiger partial charge in [-0.3, -0.25) is 0 Å². The van der Waals surface area contributed by atoms with E-state index in [0.717, 1.165) is 90.1 Å². The third-order valence-corrected chi connectivity index (χ3v) is 12.5. The maximum Gasteiger partial charge on any atom is 0.147 e. The fourth-order valence-corrected chi connectivity index (χ4v) is 9.47. The number of phenolic OH excluding ortho intramolecular Hbond substituents is 2. The maximum atomic E-state index is 12.2. The van der Waals surface area contributed by atoms with Gasteiger partial charge in [0.05, 0.1) is 33.4 Å². The van der Waals surface area contributed by atoms with E-state index in [-0.39, 0.29) is 23.7 Å². The van der Waals surface area contributed by atoms with Crippen molar-refractivity contribution in [2.45, 2.75) is 59.2 Å². The summed E-state index contributed by atoms with van der Waals surface area (Å²) in [6.07, 6.45) is 1.78. The minimum absolute atomic E-state index is 0.179. The Labute approximate surface area is 367 Å². The number of para-hydroxylation sites is 6. The number of rotatable bonds is 12. The largest absolute Gasteiger partial charge is 0.505 e. The standard InChI is InChI=1S/C57H50N2O4/c1-5-38(62-54-29-17-11-23-44(54)46-31-36(3)33-52(56(46)60)58-48-25-13-7-19-40(48)41-20-8-14-26-49(41)58)35-39(6-2)63-55-30-18-12-24-45(55)47-32-37(4)34-53(57(47)61)59-50-27-15-9-21-42(50)43-22-10-16-28-51(43)59/h7-34,38-39,60-61H,5-6,35H2,1-4H3/t38-,39?/m0/s1. The molecule has 8 aromatic carbocycles. The van der Waals surface area contributed by atoms with Gasteiger partial charge in [0.1, 0.15) is 35.2 Å². The third kappa shape index (κ3) is 7.02. The Hall–Kier alpha value is -7.44. The van der Waals surface area contributed by atoms with Crippen LogP contribution in [0.25, 0.3) is 77.2 Å². The first kappa shape index (κ1) is 39.7. The van der Waals surface area contributed by atoms with E-state index < -0.39 is 0 Å².